The Morgan fingerprint density at radius 2 is 1.97 bits per heavy atom. The van der Waals surface area contributed by atoms with Gasteiger partial charge in [0.2, 0.25) is 5.91 Å². The summed E-state index contributed by atoms with van der Waals surface area (Å²) in [6.07, 6.45) is -0.0603. The smallest absolute Gasteiger partial charge is 0.369 e. The van der Waals surface area contributed by atoms with Gasteiger partial charge in [0.15, 0.2) is 0 Å². The number of pyridine rings is 1. The lowest BCUT2D eigenvalue weighted by atomic mass is 9.94. The van der Waals surface area contributed by atoms with E-state index in [0.29, 0.717) is 23.8 Å². The molecule has 0 radical (unpaired) electrons. The van der Waals surface area contributed by atoms with Crippen molar-refractivity contribution in [1.29, 1.82) is 0 Å². The third-order valence-corrected chi connectivity index (χ3v) is 6.29. The van der Waals surface area contributed by atoms with Crippen LogP contribution < -0.4 is 10.2 Å². The number of amides is 1. The second-order valence-electron chi connectivity index (χ2n) is 9.23. The van der Waals surface area contributed by atoms with Crippen LogP contribution >= 0.6 is 0 Å². The molecule has 1 aromatic carbocycles. The molecule has 168 valence electrons. The molecule has 4 rings (SSSR count). The Morgan fingerprint density at radius 1 is 1.23 bits per heavy atom. The summed E-state index contributed by atoms with van der Waals surface area (Å²) in [7, 11) is 3.86. The first-order valence-corrected chi connectivity index (χ1v) is 10.8. The van der Waals surface area contributed by atoms with Crippen LogP contribution in [0.5, 0.6) is 0 Å². The average molecular weight is 435 g/mol. The standard InChI is InChI=1S/C23H29F3N4O/c1-14-11-16(28-22(31)21(29(2)3)15-6-7-15)13-30(12-14)19-9-8-18(23(24,25)26)20-17(19)5-4-10-27-20/h4-5,8-10,14-16,21H,6-7,11-13H2,1-3H3,(H,28,31). The van der Waals surface area contributed by atoms with Crippen LogP contribution in [-0.4, -0.2) is 55.1 Å². The number of anilines is 1. The number of fused-ring (bicyclic) bond motifs is 1. The lowest BCUT2D eigenvalue weighted by molar-refractivity contribution is -0.136. The minimum atomic E-state index is -4.46. The highest BCUT2D eigenvalue weighted by atomic mass is 19.4. The topological polar surface area (TPSA) is 48.5 Å². The number of nitrogens with zero attached hydrogens (tertiary/aromatic N) is 3. The molecule has 1 saturated heterocycles. The molecular formula is C23H29F3N4O. The molecular weight excluding hydrogens is 405 g/mol. The summed E-state index contributed by atoms with van der Waals surface area (Å²) in [5.41, 5.74) is -0.0269. The maximum Gasteiger partial charge on any atom is 0.418 e. The van der Waals surface area contributed by atoms with E-state index in [4.69, 9.17) is 0 Å². The average Bonchev–Trinajstić information content (AvgIpc) is 3.50. The van der Waals surface area contributed by atoms with Crippen LogP contribution in [0.3, 0.4) is 0 Å². The minimum absolute atomic E-state index is 0.0345. The summed E-state index contributed by atoms with van der Waals surface area (Å²) >= 11 is 0. The van der Waals surface area contributed by atoms with Gasteiger partial charge in [0.05, 0.1) is 17.1 Å². The number of hydrogen-bond donors (Lipinski definition) is 1. The Kier molecular flexibility index (Phi) is 5.85. The largest absolute Gasteiger partial charge is 0.418 e. The summed E-state index contributed by atoms with van der Waals surface area (Å²) in [5, 5.41) is 3.70. The summed E-state index contributed by atoms with van der Waals surface area (Å²) < 4.78 is 40.4. The van der Waals surface area contributed by atoms with Crippen molar-refractivity contribution in [2.45, 2.75) is 44.4 Å². The first-order chi connectivity index (χ1) is 14.6. The maximum absolute atomic E-state index is 13.5. The van der Waals surface area contributed by atoms with E-state index in [0.717, 1.165) is 37.6 Å². The van der Waals surface area contributed by atoms with Gasteiger partial charge in [0.1, 0.15) is 0 Å². The number of carbonyl (C=O) groups is 1. The van der Waals surface area contributed by atoms with Crippen molar-refractivity contribution in [2.75, 3.05) is 32.1 Å². The van der Waals surface area contributed by atoms with Gasteiger partial charge in [-0.3, -0.25) is 14.7 Å². The zero-order chi connectivity index (χ0) is 22.3. The van der Waals surface area contributed by atoms with Crippen LogP contribution in [0.25, 0.3) is 10.9 Å². The van der Waals surface area contributed by atoms with E-state index in [-0.39, 0.29) is 23.5 Å². The fourth-order valence-electron chi connectivity index (χ4n) is 4.88. The Bertz CT molecular complexity index is 955. The van der Waals surface area contributed by atoms with E-state index < -0.39 is 11.7 Å². The number of piperidine rings is 1. The summed E-state index contributed by atoms with van der Waals surface area (Å²) in [4.78, 5) is 21.0. The van der Waals surface area contributed by atoms with Gasteiger partial charge in [-0.1, -0.05) is 6.92 Å². The van der Waals surface area contributed by atoms with Crippen LogP contribution in [0.15, 0.2) is 30.5 Å². The molecule has 1 aliphatic heterocycles. The van der Waals surface area contributed by atoms with Crippen LogP contribution in [0.4, 0.5) is 18.9 Å². The van der Waals surface area contributed by atoms with Gasteiger partial charge >= 0.3 is 6.18 Å². The van der Waals surface area contributed by atoms with Crippen molar-refractivity contribution in [3.05, 3.63) is 36.0 Å². The van der Waals surface area contributed by atoms with E-state index in [1.54, 1.807) is 12.1 Å². The minimum Gasteiger partial charge on any atom is -0.369 e. The first kappa shape index (κ1) is 21.9. The van der Waals surface area contributed by atoms with Gasteiger partial charge in [-0.2, -0.15) is 13.2 Å². The molecule has 31 heavy (non-hydrogen) atoms. The van der Waals surface area contributed by atoms with Gasteiger partial charge in [-0.25, -0.2) is 0 Å². The Labute approximate surface area is 180 Å². The number of halogens is 3. The van der Waals surface area contributed by atoms with E-state index in [9.17, 15) is 18.0 Å². The number of likely N-dealkylation sites (N-methyl/N-ethyl adjacent to an activating group) is 1. The Balaban J connectivity index is 1.59. The molecule has 2 fully saturated rings. The number of alkyl halides is 3. The first-order valence-electron chi connectivity index (χ1n) is 10.8. The second-order valence-corrected chi connectivity index (χ2v) is 9.23. The highest BCUT2D eigenvalue weighted by molar-refractivity contribution is 5.94. The van der Waals surface area contributed by atoms with Gasteiger partial charge in [-0.15, -0.1) is 0 Å². The lowest BCUT2D eigenvalue weighted by Gasteiger charge is -2.39. The fourth-order valence-corrected chi connectivity index (χ4v) is 4.88. The zero-order valence-electron chi connectivity index (χ0n) is 18.1. The predicted octanol–water partition coefficient (Wildman–Crippen LogP) is 3.92. The summed E-state index contributed by atoms with van der Waals surface area (Å²) in [6.45, 7) is 3.40. The van der Waals surface area contributed by atoms with Crippen molar-refractivity contribution in [3.8, 4) is 0 Å². The van der Waals surface area contributed by atoms with E-state index in [2.05, 4.69) is 22.1 Å². The second kappa shape index (κ2) is 8.30. The molecule has 0 spiro atoms. The third kappa shape index (κ3) is 4.63. The molecule has 8 heteroatoms. The molecule has 2 heterocycles. The Hall–Kier alpha value is -2.35. The molecule has 1 aliphatic carbocycles. The van der Waals surface area contributed by atoms with Crippen molar-refractivity contribution in [1.82, 2.24) is 15.2 Å². The molecule has 2 aromatic rings. The SMILES string of the molecule is CC1CC(NC(=O)C(C2CC2)N(C)C)CN(c2ccc(C(F)(F)F)c3ncccc23)C1. The molecule has 1 amide bonds. The zero-order valence-corrected chi connectivity index (χ0v) is 18.1. The van der Waals surface area contributed by atoms with Gasteiger partial charge < -0.3 is 10.2 Å². The fraction of sp³-hybridized carbons (Fsp3) is 0.565. The van der Waals surface area contributed by atoms with Crippen molar-refractivity contribution in [2.24, 2.45) is 11.8 Å². The maximum atomic E-state index is 13.5. The quantitative estimate of drug-likeness (QED) is 0.775. The van der Waals surface area contributed by atoms with Crippen LogP contribution in [-0.2, 0) is 11.0 Å². The number of carbonyl (C=O) groups excluding carboxylic acids is 1. The van der Waals surface area contributed by atoms with E-state index in [1.165, 1.54) is 12.3 Å². The monoisotopic (exact) mass is 434 g/mol. The van der Waals surface area contributed by atoms with Crippen LogP contribution in [0.2, 0.25) is 0 Å². The molecule has 0 bridgehead atoms. The van der Waals surface area contributed by atoms with Crippen LogP contribution in [0, 0.1) is 11.8 Å². The Morgan fingerprint density at radius 3 is 2.61 bits per heavy atom. The number of hydrogen-bond acceptors (Lipinski definition) is 4. The van der Waals surface area contributed by atoms with Gasteiger partial charge in [0.25, 0.3) is 0 Å². The summed E-state index contributed by atoms with van der Waals surface area (Å²) in [5.74, 6) is 0.759. The number of benzene rings is 1. The predicted molar refractivity (Wildman–Crippen MR) is 115 cm³/mol. The molecule has 1 saturated carbocycles. The van der Waals surface area contributed by atoms with Gasteiger partial charge in [-0.05, 0) is 69.5 Å². The molecule has 1 N–H and O–H groups in total. The third-order valence-electron chi connectivity index (χ3n) is 6.29. The van der Waals surface area contributed by atoms with Crippen molar-refractivity contribution in [3.63, 3.8) is 0 Å². The van der Waals surface area contributed by atoms with Crippen LogP contribution in [0.1, 0.15) is 31.7 Å². The van der Waals surface area contributed by atoms with Crippen molar-refractivity contribution >= 4 is 22.5 Å². The lowest BCUT2D eigenvalue weighted by Crippen LogP contribution is -2.55. The normalized spacial score (nSPS) is 23.3. The number of rotatable bonds is 5. The molecule has 2 aliphatic rings. The highest BCUT2D eigenvalue weighted by Crippen LogP contribution is 2.39. The van der Waals surface area contributed by atoms with Crippen molar-refractivity contribution < 1.29 is 18.0 Å². The van der Waals surface area contributed by atoms with E-state index in [1.807, 2.05) is 19.0 Å². The summed E-state index contributed by atoms with van der Waals surface area (Å²) in [6, 6.07) is 5.84. The van der Waals surface area contributed by atoms with Gasteiger partial charge in [0, 0.05) is 36.4 Å². The molecule has 3 unspecified atom stereocenters. The number of nitrogens with one attached hydrogen (secondary N) is 1. The molecule has 1 aromatic heterocycles. The van der Waals surface area contributed by atoms with E-state index >= 15 is 0 Å². The molecule has 5 nitrogen and oxygen atoms in total. The number of aromatic nitrogens is 1. The molecule has 3 atom stereocenters. The highest BCUT2D eigenvalue weighted by Gasteiger charge is 2.39.